The van der Waals surface area contributed by atoms with Crippen LogP contribution in [0.25, 0.3) is 0 Å². The number of rotatable bonds is 6. The van der Waals surface area contributed by atoms with Gasteiger partial charge < -0.3 is 14.7 Å². The molecule has 1 aromatic carbocycles. The number of carbonyl (C=O) groups excluding carboxylic acids is 1. The fraction of sp³-hybridized carbons (Fsp3) is 0.536. The number of piperidine rings is 1. The predicted molar refractivity (Wildman–Crippen MR) is 136 cm³/mol. The average Bonchev–Trinajstić information content (AvgIpc) is 3.21. The second-order valence-corrected chi connectivity index (χ2v) is 10.7. The molecule has 2 aliphatic rings. The molecule has 35 heavy (non-hydrogen) atoms. The van der Waals surface area contributed by atoms with Gasteiger partial charge in [-0.05, 0) is 56.0 Å². The summed E-state index contributed by atoms with van der Waals surface area (Å²) in [7, 11) is 2.12. The zero-order valence-electron chi connectivity index (χ0n) is 21.6. The van der Waals surface area contributed by atoms with Gasteiger partial charge in [0.15, 0.2) is 0 Å². The molecule has 1 aliphatic heterocycles. The number of carbonyl (C=O) groups is 2. The van der Waals surface area contributed by atoms with Crippen LogP contribution >= 0.6 is 0 Å². The Morgan fingerprint density at radius 1 is 1.11 bits per heavy atom. The minimum atomic E-state index is -1.32. The second-order valence-electron chi connectivity index (χ2n) is 10.7. The van der Waals surface area contributed by atoms with Gasteiger partial charge in [-0.1, -0.05) is 19.9 Å². The Balaban J connectivity index is 1.62. The van der Waals surface area contributed by atoms with E-state index in [4.69, 9.17) is 9.84 Å². The van der Waals surface area contributed by atoms with Crippen LogP contribution in [0, 0.1) is 19.8 Å². The van der Waals surface area contributed by atoms with Crippen molar-refractivity contribution in [2.24, 2.45) is 5.92 Å². The summed E-state index contributed by atoms with van der Waals surface area (Å²) in [4.78, 5) is 31.9. The molecule has 0 radical (unpaired) electrons. The number of pyridine rings is 1. The van der Waals surface area contributed by atoms with Gasteiger partial charge in [0.25, 0.3) is 0 Å². The number of aryl methyl sites for hydroxylation is 3. The molecule has 1 saturated heterocycles. The zero-order chi connectivity index (χ0) is 25.3. The van der Waals surface area contributed by atoms with Crippen molar-refractivity contribution in [1.82, 2.24) is 4.98 Å². The number of aromatic nitrogens is 1. The van der Waals surface area contributed by atoms with Gasteiger partial charge in [-0.3, -0.25) is 9.47 Å². The van der Waals surface area contributed by atoms with Gasteiger partial charge in [-0.15, -0.1) is 0 Å². The number of anilines is 1. The minimum Gasteiger partial charge on any atom is -0.449 e. The van der Waals surface area contributed by atoms with E-state index in [-0.39, 0.29) is 23.9 Å². The van der Waals surface area contributed by atoms with Crippen molar-refractivity contribution in [1.29, 1.82) is 0 Å². The summed E-state index contributed by atoms with van der Waals surface area (Å²) in [5, 5.41) is 9.10. The van der Waals surface area contributed by atoms with Gasteiger partial charge >= 0.3 is 12.1 Å². The largest absolute Gasteiger partial charge is 0.511 e. The highest BCUT2D eigenvalue weighted by atomic mass is 16.7. The molecule has 0 saturated carbocycles. The Labute approximate surface area is 208 Å². The maximum Gasteiger partial charge on any atom is 0.511 e. The van der Waals surface area contributed by atoms with Crippen LogP contribution in [0.15, 0.2) is 30.3 Å². The van der Waals surface area contributed by atoms with Crippen LogP contribution in [-0.4, -0.2) is 52.8 Å². The number of amides is 1. The minimum absolute atomic E-state index is 0.00978. The first-order chi connectivity index (χ1) is 16.6. The van der Waals surface area contributed by atoms with E-state index in [2.05, 4.69) is 42.9 Å². The van der Waals surface area contributed by atoms with E-state index in [9.17, 15) is 9.59 Å². The first-order valence-electron chi connectivity index (χ1n) is 12.7. The van der Waals surface area contributed by atoms with E-state index in [0.717, 1.165) is 55.7 Å². The molecular formula is C28H38N3O4+. The highest BCUT2D eigenvalue weighted by Gasteiger charge is 2.50. The van der Waals surface area contributed by atoms with E-state index in [1.807, 2.05) is 26.0 Å². The van der Waals surface area contributed by atoms with E-state index in [1.165, 1.54) is 11.3 Å². The fourth-order valence-corrected chi connectivity index (χ4v) is 6.11. The summed E-state index contributed by atoms with van der Waals surface area (Å²) in [6, 6.07) is 10.0. The number of ether oxygens (including phenoxy) is 1. The van der Waals surface area contributed by atoms with Gasteiger partial charge in [-0.2, -0.15) is 0 Å². The second kappa shape index (κ2) is 9.97. The molecule has 7 heteroatoms. The molecule has 1 aromatic heterocycles. The topological polar surface area (TPSA) is 79.7 Å². The molecule has 1 fully saturated rings. The molecular weight excluding hydrogens is 442 g/mol. The van der Waals surface area contributed by atoms with Gasteiger partial charge in [0.1, 0.15) is 11.8 Å². The number of fused-ring (bicyclic) bond motifs is 1. The first kappa shape index (κ1) is 25.2. The van der Waals surface area contributed by atoms with Crippen LogP contribution in [0.2, 0.25) is 0 Å². The van der Waals surface area contributed by atoms with E-state index in [0.29, 0.717) is 16.7 Å². The van der Waals surface area contributed by atoms with Crippen LogP contribution in [0.3, 0.4) is 0 Å². The van der Waals surface area contributed by atoms with Gasteiger partial charge in [-0.25, -0.2) is 9.59 Å². The van der Waals surface area contributed by atoms with Crippen molar-refractivity contribution < 1.29 is 23.9 Å². The molecule has 0 spiro atoms. The summed E-state index contributed by atoms with van der Waals surface area (Å²) in [6.07, 6.45) is 2.85. The zero-order valence-corrected chi connectivity index (χ0v) is 21.6. The third kappa shape index (κ3) is 5.20. The average molecular weight is 481 g/mol. The Morgan fingerprint density at radius 3 is 2.37 bits per heavy atom. The standard InChI is InChI=1S/C28H37N3O4/c1-18(2)14-27(32)31(5,26-9-7-21-6-8-24(17-25(21)26)35-28(33)34)23-10-12-30(13-11-23)22-15-19(3)29-20(4)16-22/h6,8,15-18,23,26H,7,9-14H2,1-5H3/p+1. The Kier molecular flexibility index (Phi) is 7.17. The number of carboxylic acid groups (broad SMARTS) is 1. The van der Waals surface area contributed by atoms with Crippen molar-refractivity contribution >= 4 is 17.7 Å². The monoisotopic (exact) mass is 480 g/mol. The highest BCUT2D eigenvalue weighted by Crippen LogP contribution is 2.45. The molecule has 7 nitrogen and oxygen atoms in total. The number of hydrogen-bond donors (Lipinski definition) is 1. The molecule has 2 atom stereocenters. The molecule has 2 unspecified atom stereocenters. The van der Waals surface area contributed by atoms with Crippen LogP contribution in [-0.2, 0) is 11.2 Å². The van der Waals surface area contributed by atoms with Crippen molar-refractivity contribution in [2.75, 3.05) is 25.0 Å². The van der Waals surface area contributed by atoms with Gasteiger partial charge in [0.05, 0.1) is 19.5 Å². The van der Waals surface area contributed by atoms with Crippen molar-refractivity contribution in [3.05, 3.63) is 52.8 Å². The quantitative estimate of drug-likeness (QED) is 0.337. The van der Waals surface area contributed by atoms with Gasteiger partial charge in [0.2, 0.25) is 0 Å². The SMILES string of the molecule is Cc1cc(N2CCC([N+](C)(C(=O)CC(C)C)C3CCc4ccc(OC(=O)O)cc43)CC2)cc(C)n1. The van der Waals surface area contributed by atoms with Crippen molar-refractivity contribution in [3.8, 4) is 5.75 Å². The van der Waals surface area contributed by atoms with E-state index < -0.39 is 6.16 Å². The van der Waals surface area contributed by atoms with Gasteiger partial charge in [0, 0.05) is 55.0 Å². The normalized spacial score (nSPS) is 19.9. The van der Waals surface area contributed by atoms with Crippen molar-refractivity contribution in [2.45, 2.75) is 71.9 Å². The smallest absolute Gasteiger partial charge is 0.449 e. The summed E-state index contributed by atoms with van der Waals surface area (Å²) < 4.78 is 5.35. The molecule has 2 heterocycles. The molecule has 1 N–H and O–H groups in total. The van der Waals surface area contributed by atoms with Crippen LogP contribution in [0.1, 0.15) is 68.1 Å². The third-order valence-electron chi connectivity index (χ3n) is 7.79. The van der Waals surface area contributed by atoms with E-state index in [1.54, 1.807) is 6.07 Å². The molecule has 1 amide bonds. The molecule has 4 rings (SSSR count). The van der Waals surface area contributed by atoms with Crippen LogP contribution < -0.4 is 9.64 Å². The summed E-state index contributed by atoms with van der Waals surface area (Å²) >= 11 is 0. The highest BCUT2D eigenvalue weighted by molar-refractivity contribution is 5.70. The summed E-state index contributed by atoms with van der Waals surface area (Å²) in [6.45, 7) is 10.1. The predicted octanol–water partition coefficient (Wildman–Crippen LogP) is 5.43. The molecule has 0 bridgehead atoms. The Morgan fingerprint density at radius 2 is 1.77 bits per heavy atom. The first-order valence-corrected chi connectivity index (χ1v) is 12.7. The lowest BCUT2D eigenvalue weighted by Gasteiger charge is -2.47. The van der Waals surface area contributed by atoms with Crippen molar-refractivity contribution in [3.63, 3.8) is 0 Å². The Hall–Kier alpha value is -2.93. The molecule has 1 aliphatic carbocycles. The van der Waals surface area contributed by atoms with Crippen LogP contribution in [0.4, 0.5) is 10.5 Å². The number of hydrogen-bond acceptors (Lipinski definition) is 5. The fourth-order valence-electron chi connectivity index (χ4n) is 6.11. The number of quaternary nitrogens is 1. The van der Waals surface area contributed by atoms with Crippen LogP contribution in [0.5, 0.6) is 5.75 Å². The lowest BCUT2D eigenvalue weighted by atomic mass is 9.93. The maximum atomic E-state index is 13.9. The molecule has 188 valence electrons. The third-order valence-corrected chi connectivity index (χ3v) is 7.79. The summed E-state index contributed by atoms with van der Waals surface area (Å²) in [5.74, 6) is 0.881. The maximum absolute atomic E-state index is 13.9. The Bertz CT molecular complexity index is 1090. The lowest BCUT2D eigenvalue weighted by Crippen LogP contribution is -2.61. The molecule has 2 aromatic rings. The number of benzene rings is 1. The lowest BCUT2D eigenvalue weighted by molar-refractivity contribution is -0.892. The van der Waals surface area contributed by atoms with E-state index >= 15 is 0 Å². The number of nitrogens with zero attached hydrogens (tertiary/aromatic N) is 3. The summed E-state index contributed by atoms with van der Waals surface area (Å²) in [5.41, 5.74) is 5.51.